The first kappa shape index (κ1) is 8.58. The summed E-state index contributed by atoms with van der Waals surface area (Å²) in [7, 11) is 1.64. The fraction of sp³-hybridized carbons (Fsp3) is 0.0833. The molecule has 0 fully saturated rings. The number of fused-ring (bicyclic) bond motifs is 1. The van der Waals surface area contributed by atoms with Crippen LogP contribution in [0.1, 0.15) is 0 Å². The van der Waals surface area contributed by atoms with E-state index in [1.807, 2.05) is 36.4 Å². The van der Waals surface area contributed by atoms with Crippen LogP contribution in [0, 0.1) is 6.57 Å². The second-order valence-corrected chi connectivity index (χ2v) is 3.01. The standard InChI is InChI=1S/C12H9NO/c1-13-11-5-3-9-4-6-12(14-2)8-10(9)7-11/h3-8H,2H3. The summed E-state index contributed by atoms with van der Waals surface area (Å²) >= 11 is 0. The van der Waals surface area contributed by atoms with E-state index in [1.54, 1.807) is 7.11 Å². The molecule has 14 heavy (non-hydrogen) atoms. The third-order valence-corrected chi connectivity index (χ3v) is 2.16. The topological polar surface area (TPSA) is 13.6 Å². The Morgan fingerprint density at radius 1 is 1.07 bits per heavy atom. The van der Waals surface area contributed by atoms with Crippen molar-refractivity contribution in [1.82, 2.24) is 0 Å². The summed E-state index contributed by atoms with van der Waals surface area (Å²) in [6.45, 7) is 6.91. The minimum Gasteiger partial charge on any atom is -0.497 e. The zero-order valence-corrected chi connectivity index (χ0v) is 7.82. The molecule has 0 unspecified atom stereocenters. The Balaban J connectivity index is 2.67. The van der Waals surface area contributed by atoms with Crippen LogP contribution in [-0.2, 0) is 0 Å². The van der Waals surface area contributed by atoms with Gasteiger partial charge in [-0.3, -0.25) is 0 Å². The first-order valence-corrected chi connectivity index (χ1v) is 4.29. The molecule has 0 heterocycles. The fourth-order valence-electron chi connectivity index (χ4n) is 1.41. The van der Waals surface area contributed by atoms with Crippen LogP contribution in [-0.4, -0.2) is 7.11 Å². The number of hydrogen-bond donors (Lipinski definition) is 0. The summed E-state index contributed by atoms with van der Waals surface area (Å²) in [6.07, 6.45) is 0. The highest BCUT2D eigenvalue weighted by atomic mass is 16.5. The molecule has 0 aliphatic rings. The Hall–Kier alpha value is -2.01. The Labute approximate surface area is 82.6 Å². The number of hydrogen-bond acceptors (Lipinski definition) is 1. The molecular weight excluding hydrogens is 174 g/mol. The van der Waals surface area contributed by atoms with E-state index in [1.165, 1.54) is 0 Å². The highest BCUT2D eigenvalue weighted by Gasteiger charge is 1.97. The first-order chi connectivity index (χ1) is 6.83. The Bertz CT molecular complexity index is 511. The molecule has 0 amide bonds. The molecule has 2 heteroatoms. The van der Waals surface area contributed by atoms with Crippen LogP contribution in [0.15, 0.2) is 36.4 Å². The predicted octanol–water partition coefficient (Wildman–Crippen LogP) is 3.40. The van der Waals surface area contributed by atoms with Gasteiger partial charge in [-0.25, -0.2) is 4.85 Å². The fourth-order valence-corrected chi connectivity index (χ4v) is 1.41. The van der Waals surface area contributed by atoms with Crippen LogP contribution >= 0.6 is 0 Å². The average molecular weight is 183 g/mol. The van der Waals surface area contributed by atoms with Gasteiger partial charge in [0.2, 0.25) is 0 Å². The lowest BCUT2D eigenvalue weighted by molar-refractivity contribution is 0.415. The van der Waals surface area contributed by atoms with E-state index in [0.29, 0.717) is 5.69 Å². The molecule has 0 saturated heterocycles. The highest BCUT2D eigenvalue weighted by molar-refractivity contribution is 5.87. The molecule has 2 aromatic carbocycles. The van der Waals surface area contributed by atoms with Gasteiger partial charge in [-0.1, -0.05) is 18.2 Å². The van der Waals surface area contributed by atoms with Gasteiger partial charge in [0, 0.05) is 0 Å². The molecule has 0 N–H and O–H groups in total. The molecule has 0 bridgehead atoms. The predicted molar refractivity (Wildman–Crippen MR) is 56.8 cm³/mol. The van der Waals surface area contributed by atoms with Crippen molar-refractivity contribution in [1.29, 1.82) is 0 Å². The summed E-state index contributed by atoms with van der Waals surface area (Å²) in [4.78, 5) is 3.39. The maximum Gasteiger partial charge on any atom is 0.187 e. The van der Waals surface area contributed by atoms with Crippen molar-refractivity contribution in [3.05, 3.63) is 47.8 Å². The van der Waals surface area contributed by atoms with E-state index in [-0.39, 0.29) is 0 Å². The second kappa shape index (κ2) is 3.39. The van der Waals surface area contributed by atoms with Gasteiger partial charge in [-0.15, -0.1) is 0 Å². The maximum absolute atomic E-state index is 6.91. The van der Waals surface area contributed by atoms with E-state index in [2.05, 4.69) is 4.85 Å². The smallest absolute Gasteiger partial charge is 0.187 e. The molecule has 2 aromatic rings. The molecule has 0 aliphatic carbocycles. The van der Waals surface area contributed by atoms with Gasteiger partial charge >= 0.3 is 0 Å². The van der Waals surface area contributed by atoms with Crippen molar-refractivity contribution < 1.29 is 4.74 Å². The first-order valence-electron chi connectivity index (χ1n) is 4.29. The maximum atomic E-state index is 6.91. The zero-order chi connectivity index (χ0) is 9.97. The molecule has 68 valence electrons. The van der Waals surface area contributed by atoms with E-state index in [0.717, 1.165) is 16.5 Å². The quantitative estimate of drug-likeness (QED) is 0.618. The van der Waals surface area contributed by atoms with Crippen molar-refractivity contribution in [2.45, 2.75) is 0 Å². The number of methoxy groups -OCH3 is 1. The monoisotopic (exact) mass is 183 g/mol. The number of benzene rings is 2. The van der Waals surface area contributed by atoms with E-state index < -0.39 is 0 Å². The van der Waals surface area contributed by atoms with E-state index >= 15 is 0 Å². The lowest BCUT2D eigenvalue weighted by Crippen LogP contribution is -1.81. The molecule has 2 rings (SSSR count). The molecule has 2 nitrogen and oxygen atoms in total. The Morgan fingerprint density at radius 2 is 1.86 bits per heavy atom. The lowest BCUT2D eigenvalue weighted by Gasteiger charge is -2.02. The third-order valence-electron chi connectivity index (χ3n) is 2.16. The summed E-state index contributed by atoms with van der Waals surface area (Å²) in [5.41, 5.74) is 0.658. The summed E-state index contributed by atoms with van der Waals surface area (Å²) < 4.78 is 5.12. The van der Waals surface area contributed by atoms with E-state index in [4.69, 9.17) is 11.3 Å². The van der Waals surface area contributed by atoms with Gasteiger partial charge in [0.25, 0.3) is 0 Å². The van der Waals surface area contributed by atoms with Gasteiger partial charge in [0.1, 0.15) is 5.75 Å². The summed E-state index contributed by atoms with van der Waals surface area (Å²) in [6, 6.07) is 11.5. The van der Waals surface area contributed by atoms with Crippen molar-refractivity contribution in [3.8, 4) is 5.75 Å². The van der Waals surface area contributed by atoms with Gasteiger partial charge in [-0.05, 0) is 29.0 Å². The van der Waals surface area contributed by atoms with Crippen LogP contribution in [0.5, 0.6) is 5.75 Å². The third kappa shape index (κ3) is 1.40. The van der Waals surface area contributed by atoms with Crippen LogP contribution in [0.25, 0.3) is 15.6 Å². The number of nitrogens with zero attached hydrogens (tertiary/aromatic N) is 1. The highest BCUT2D eigenvalue weighted by Crippen LogP contribution is 2.24. The molecule has 0 spiro atoms. The van der Waals surface area contributed by atoms with Crippen LogP contribution < -0.4 is 4.74 Å². The largest absolute Gasteiger partial charge is 0.497 e. The molecule has 0 aromatic heterocycles. The Morgan fingerprint density at radius 3 is 2.57 bits per heavy atom. The van der Waals surface area contributed by atoms with Gasteiger partial charge in [0.15, 0.2) is 5.69 Å². The normalized spacial score (nSPS) is 9.71. The second-order valence-electron chi connectivity index (χ2n) is 3.01. The van der Waals surface area contributed by atoms with Crippen molar-refractivity contribution in [2.24, 2.45) is 0 Å². The zero-order valence-electron chi connectivity index (χ0n) is 7.82. The average Bonchev–Trinajstić information content (AvgIpc) is 2.27. The van der Waals surface area contributed by atoms with Crippen LogP contribution in [0.2, 0.25) is 0 Å². The lowest BCUT2D eigenvalue weighted by atomic mass is 10.1. The SMILES string of the molecule is [C-]#[N+]c1ccc2ccc(OC)cc2c1. The van der Waals surface area contributed by atoms with Crippen molar-refractivity contribution in [3.63, 3.8) is 0 Å². The van der Waals surface area contributed by atoms with Gasteiger partial charge < -0.3 is 4.74 Å². The summed E-state index contributed by atoms with van der Waals surface area (Å²) in [5.74, 6) is 0.819. The molecule has 0 radical (unpaired) electrons. The Kier molecular flexibility index (Phi) is 2.08. The minimum absolute atomic E-state index is 0.658. The van der Waals surface area contributed by atoms with E-state index in [9.17, 15) is 0 Å². The van der Waals surface area contributed by atoms with Gasteiger partial charge in [-0.2, -0.15) is 0 Å². The number of rotatable bonds is 1. The minimum atomic E-state index is 0.658. The molecular formula is C12H9NO. The van der Waals surface area contributed by atoms with Gasteiger partial charge in [0.05, 0.1) is 13.7 Å². The number of ether oxygens (including phenoxy) is 1. The molecule has 0 atom stereocenters. The van der Waals surface area contributed by atoms with Crippen LogP contribution in [0.4, 0.5) is 5.69 Å². The van der Waals surface area contributed by atoms with Crippen LogP contribution in [0.3, 0.4) is 0 Å². The molecule has 0 saturated carbocycles. The van der Waals surface area contributed by atoms with Crippen molar-refractivity contribution >= 4 is 16.5 Å². The van der Waals surface area contributed by atoms with Crippen molar-refractivity contribution in [2.75, 3.05) is 7.11 Å². The summed E-state index contributed by atoms with van der Waals surface area (Å²) in [5, 5.41) is 2.16. The molecule has 0 aliphatic heterocycles.